The van der Waals surface area contributed by atoms with E-state index in [1.807, 2.05) is 42.5 Å². The molecule has 244 valence electrons. The van der Waals surface area contributed by atoms with E-state index in [1.54, 1.807) is 77.5 Å². The van der Waals surface area contributed by atoms with Gasteiger partial charge in [0.05, 0.1) is 33.1 Å². The van der Waals surface area contributed by atoms with Crippen LogP contribution in [0, 0.1) is 5.92 Å². The normalized spacial score (nSPS) is 16.3. The average Bonchev–Trinajstić information content (AvgIpc) is 3.30. The van der Waals surface area contributed by atoms with Gasteiger partial charge >= 0.3 is 0 Å². The zero-order valence-electron chi connectivity index (χ0n) is 26.7. The molecule has 0 aliphatic carbocycles. The van der Waals surface area contributed by atoms with Gasteiger partial charge in [0.1, 0.15) is 5.75 Å². The minimum Gasteiger partial charge on any atom is -0.497 e. The van der Waals surface area contributed by atoms with Crippen molar-refractivity contribution in [3.63, 3.8) is 0 Å². The Morgan fingerprint density at radius 3 is 2.38 bits per heavy atom. The predicted molar refractivity (Wildman–Crippen MR) is 179 cm³/mol. The Hall–Kier alpha value is -5.19. The Kier molecular flexibility index (Phi) is 10.2. The van der Waals surface area contributed by atoms with E-state index in [-0.39, 0.29) is 43.3 Å². The number of benzene rings is 3. The van der Waals surface area contributed by atoms with Crippen molar-refractivity contribution in [1.29, 1.82) is 0 Å². The van der Waals surface area contributed by atoms with Crippen molar-refractivity contribution in [2.24, 2.45) is 5.92 Å². The molecule has 2 amide bonds. The van der Waals surface area contributed by atoms with Gasteiger partial charge in [0.25, 0.3) is 11.5 Å². The maximum Gasteiger partial charge on any atom is 0.297 e. The van der Waals surface area contributed by atoms with Crippen LogP contribution in [-0.4, -0.2) is 58.9 Å². The lowest BCUT2D eigenvalue weighted by molar-refractivity contribution is -0.139. The maximum absolute atomic E-state index is 14.1. The van der Waals surface area contributed by atoms with E-state index in [2.05, 4.69) is 0 Å². The molecule has 2 N–H and O–H groups in total. The summed E-state index contributed by atoms with van der Waals surface area (Å²) in [7, 11) is 2.97. The van der Waals surface area contributed by atoms with Crippen LogP contribution in [0.2, 0.25) is 0 Å². The number of amides is 2. The SMILES string of the molecule is COc1ccc2c(c1)[C@](O)([C@@H](C)/C=C/CC(=O)N(CCO)Cc1ccccc1)C(=O)N2Cc1ccc(-n2cccc(OC)c2=O)cc1. The predicted octanol–water partition coefficient (Wildman–Crippen LogP) is 4.19. The van der Waals surface area contributed by atoms with Gasteiger partial charge in [0.15, 0.2) is 11.4 Å². The molecule has 10 heteroatoms. The number of carbonyl (C=O) groups is 2. The van der Waals surface area contributed by atoms with Gasteiger partial charge in [-0.2, -0.15) is 0 Å². The number of nitrogens with zero attached hydrogens (tertiary/aromatic N) is 3. The Balaban J connectivity index is 1.35. The highest BCUT2D eigenvalue weighted by molar-refractivity contribution is 6.07. The third-order valence-corrected chi connectivity index (χ3v) is 8.48. The number of aliphatic hydroxyl groups excluding tert-OH is 1. The average molecular weight is 638 g/mol. The topological polar surface area (TPSA) is 122 Å². The summed E-state index contributed by atoms with van der Waals surface area (Å²) in [6.45, 7) is 2.31. The smallest absolute Gasteiger partial charge is 0.297 e. The van der Waals surface area contributed by atoms with E-state index in [1.165, 1.54) is 18.8 Å². The maximum atomic E-state index is 14.1. The molecule has 3 aromatic carbocycles. The molecule has 0 fully saturated rings. The molecule has 1 aliphatic heterocycles. The van der Waals surface area contributed by atoms with Crippen LogP contribution in [0.3, 0.4) is 0 Å². The quantitative estimate of drug-likeness (QED) is 0.211. The van der Waals surface area contributed by atoms with Crippen LogP contribution in [0.1, 0.15) is 30.0 Å². The molecular weight excluding hydrogens is 598 g/mol. The molecule has 5 rings (SSSR count). The molecule has 0 spiro atoms. The first-order valence-corrected chi connectivity index (χ1v) is 15.4. The van der Waals surface area contributed by atoms with Crippen molar-refractivity contribution in [3.8, 4) is 17.2 Å². The fourth-order valence-corrected chi connectivity index (χ4v) is 5.85. The highest BCUT2D eigenvalue weighted by atomic mass is 16.5. The fraction of sp³-hybridized carbons (Fsp3) is 0.270. The number of pyridine rings is 1. The van der Waals surface area contributed by atoms with Crippen molar-refractivity contribution in [1.82, 2.24) is 9.47 Å². The number of aliphatic hydroxyl groups is 2. The monoisotopic (exact) mass is 637 g/mol. The summed E-state index contributed by atoms with van der Waals surface area (Å²) in [5.41, 5.74) is 1.16. The summed E-state index contributed by atoms with van der Waals surface area (Å²) in [4.78, 5) is 43.0. The van der Waals surface area contributed by atoms with Gasteiger partial charge in [-0.3, -0.25) is 19.0 Å². The molecule has 2 atom stereocenters. The van der Waals surface area contributed by atoms with Crippen molar-refractivity contribution in [3.05, 3.63) is 130 Å². The van der Waals surface area contributed by atoms with E-state index in [0.717, 1.165) is 11.1 Å². The Morgan fingerprint density at radius 2 is 1.70 bits per heavy atom. The van der Waals surface area contributed by atoms with Gasteiger partial charge in [-0.15, -0.1) is 0 Å². The number of hydrogen-bond donors (Lipinski definition) is 2. The van der Waals surface area contributed by atoms with Crippen molar-refractivity contribution < 1.29 is 29.3 Å². The van der Waals surface area contributed by atoms with Crippen LogP contribution in [0.5, 0.6) is 11.5 Å². The standard InChI is InChI=1S/C37H39N3O7/c1-26(9-7-13-34(42)38(21-22-41)24-27-10-5-4-6-11-27)37(45)31-23-30(46-2)18-19-32(31)40(36(37)44)25-28-14-16-29(17-15-28)39-20-8-12-33(47-3)35(39)43/h4-12,14-20,23,26,41,45H,13,21-22,24-25H2,1-3H3/b9-7+/t26-,37+/m0/s1. The molecule has 2 heterocycles. The van der Waals surface area contributed by atoms with Gasteiger partial charge in [0, 0.05) is 42.9 Å². The second-order valence-corrected chi connectivity index (χ2v) is 11.4. The Labute approximate surface area is 273 Å². The molecule has 0 saturated heterocycles. The summed E-state index contributed by atoms with van der Waals surface area (Å²) in [6.07, 6.45) is 5.04. The zero-order chi connectivity index (χ0) is 33.6. The Bertz CT molecular complexity index is 1800. The Morgan fingerprint density at radius 1 is 0.957 bits per heavy atom. The summed E-state index contributed by atoms with van der Waals surface area (Å²) in [5, 5.41) is 21.6. The molecule has 10 nitrogen and oxygen atoms in total. The molecule has 4 aromatic rings. The molecule has 47 heavy (non-hydrogen) atoms. The minimum atomic E-state index is -1.91. The molecule has 1 aromatic heterocycles. The summed E-state index contributed by atoms with van der Waals surface area (Å²) in [6, 6.07) is 25.3. The first-order valence-electron chi connectivity index (χ1n) is 15.4. The fourth-order valence-electron chi connectivity index (χ4n) is 5.85. The summed E-state index contributed by atoms with van der Waals surface area (Å²) < 4.78 is 12.1. The van der Waals surface area contributed by atoms with Crippen LogP contribution in [0.15, 0.2) is 108 Å². The number of ether oxygens (including phenoxy) is 2. The highest BCUT2D eigenvalue weighted by Crippen LogP contribution is 2.47. The van der Waals surface area contributed by atoms with Gasteiger partial charge in [0.2, 0.25) is 5.91 Å². The van der Waals surface area contributed by atoms with Crippen molar-refractivity contribution >= 4 is 17.5 Å². The molecule has 0 radical (unpaired) electrons. The zero-order valence-corrected chi connectivity index (χ0v) is 26.7. The number of anilines is 1. The van der Waals surface area contributed by atoms with E-state index < -0.39 is 17.4 Å². The van der Waals surface area contributed by atoms with E-state index in [9.17, 15) is 24.6 Å². The van der Waals surface area contributed by atoms with E-state index in [0.29, 0.717) is 29.2 Å². The number of aromatic nitrogens is 1. The van der Waals surface area contributed by atoms with Crippen LogP contribution in [-0.2, 0) is 28.3 Å². The van der Waals surface area contributed by atoms with Gasteiger partial charge < -0.3 is 29.5 Å². The second-order valence-electron chi connectivity index (χ2n) is 11.4. The van der Waals surface area contributed by atoms with Gasteiger partial charge in [-0.1, -0.05) is 61.5 Å². The van der Waals surface area contributed by atoms with Crippen LogP contribution < -0.4 is 19.9 Å². The molecule has 0 unspecified atom stereocenters. The number of hydrogen-bond acceptors (Lipinski definition) is 7. The molecule has 0 saturated carbocycles. The van der Waals surface area contributed by atoms with Crippen molar-refractivity contribution in [2.75, 3.05) is 32.3 Å². The number of methoxy groups -OCH3 is 2. The largest absolute Gasteiger partial charge is 0.497 e. The van der Waals surface area contributed by atoms with Crippen LogP contribution in [0.4, 0.5) is 5.69 Å². The molecule has 0 bridgehead atoms. The van der Waals surface area contributed by atoms with E-state index >= 15 is 0 Å². The number of carbonyl (C=O) groups excluding carboxylic acids is 2. The van der Waals surface area contributed by atoms with Crippen LogP contribution >= 0.6 is 0 Å². The summed E-state index contributed by atoms with van der Waals surface area (Å²) in [5.74, 6) is -0.645. The molecule has 1 aliphatic rings. The van der Waals surface area contributed by atoms with Crippen LogP contribution in [0.25, 0.3) is 5.69 Å². The lowest BCUT2D eigenvalue weighted by atomic mass is 9.83. The third kappa shape index (κ3) is 6.84. The number of fused-ring (bicyclic) bond motifs is 1. The third-order valence-electron chi connectivity index (χ3n) is 8.48. The number of rotatable bonds is 13. The van der Waals surface area contributed by atoms with Gasteiger partial charge in [-0.05, 0) is 53.6 Å². The lowest BCUT2D eigenvalue weighted by Crippen LogP contribution is -2.44. The molecular formula is C37H39N3O7. The second kappa shape index (κ2) is 14.5. The van der Waals surface area contributed by atoms with Crippen molar-refractivity contribution in [2.45, 2.75) is 32.0 Å². The first kappa shape index (κ1) is 33.2. The minimum absolute atomic E-state index is 0.0405. The van der Waals surface area contributed by atoms with Gasteiger partial charge in [-0.25, -0.2) is 0 Å². The first-order chi connectivity index (χ1) is 22.7. The summed E-state index contributed by atoms with van der Waals surface area (Å²) >= 11 is 0. The highest BCUT2D eigenvalue weighted by Gasteiger charge is 2.52. The lowest BCUT2D eigenvalue weighted by Gasteiger charge is -2.28. The van der Waals surface area contributed by atoms with E-state index in [4.69, 9.17) is 9.47 Å².